The first-order valence-electron chi connectivity index (χ1n) is 8.19. The summed E-state index contributed by atoms with van der Waals surface area (Å²) in [6, 6.07) is 0.704. The molecule has 19 heavy (non-hydrogen) atoms. The summed E-state index contributed by atoms with van der Waals surface area (Å²) in [4.78, 5) is 2.64. The zero-order valence-corrected chi connectivity index (χ0v) is 13.1. The first-order valence-corrected chi connectivity index (χ1v) is 8.19. The number of hydrogen-bond donors (Lipinski definition) is 1. The highest BCUT2D eigenvalue weighted by Gasteiger charge is 2.36. The topological polar surface area (TPSA) is 24.5 Å². The van der Waals surface area contributed by atoms with Crippen molar-refractivity contribution in [2.24, 2.45) is 5.92 Å². The fourth-order valence-corrected chi connectivity index (χ4v) is 3.61. The summed E-state index contributed by atoms with van der Waals surface area (Å²) in [6.45, 7) is 11.9. The van der Waals surface area contributed by atoms with E-state index in [4.69, 9.17) is 4.74 Å². The minimum Gasteiger partial charge on any atom is -0.380 e. The van der Waals surface area contributed by atoms with Gasteiger partial charge < -0.3 is 10.1 Å². The van der Waals surface area contributed by atoms with Crippen LogP contribution in [-0.4, -0.2) is 49.3 Å². The van der Waals surface area contributed by atoms with Gasteiger partial charge in [-0.2, -0.15) is 0 Å². The van der Waals surface area contributed by atoms with Gasteiger partial charge in [0.1, 0.15) is 0 Å². The van der Waals surface area contributed by atoms with Gasteiger partial charge in [-0.15, -0.1) is 0 Å². The van der Waals surface area contributed by atoms with Gasteiger partial charge in [-0.25, -0.2) is 0 Å². The molecule has 1 atom stereocenters. The first kappa shape index (κ1) is 15.3. The molecule has 112 valence electrons. The predicted molar refractivity (Wildman–Crippen MR) is 80.5 cm³/mol. The van der Waals surface area contributed by atoms with E-state index in [0.717, 1.165) is 32.2 Å². The van der Waals surface area contributed by atoms with Gasteiger partial charge in [0.05, 0.1) is 6.61 Å². The molecule has 2 fully saturated rings. The SMILES string of the molecule is CCOCCN1CC(C2CCCCC2)NCC1(C)C. The average molecular weight is 268 g/mol. The largest absolute Gasteiger partial charge is 0.380 e. The van der Waals surface area contributed by atoms with Gasteiger partial charge in [0.2, 0.25) is 0 Å². The second-order valence-electron chi connectivity index (χ2n) is 6.84. The summed E-state index contributed by atoms with van der Waals surface area (Å²) in [5, 5.41) is 3.82. The van der Waals surface area contributed by atoms with Crippen LogP contribution in [-0.2, 0) is 4.74 Å². The lowest BCUT2D eigenvalue weighted by Gasteiger charge is -2.48. The molecule has 1 unspecified atom stereocenters. The molecule has 0 bridgehead atoms. The van der Waals surface area contributed by atoms with Gasteiger partial charge >= 0.3 is 0 Å². The molecule has 1 aliphatic heterocycles. The molecule has 0 aromatic heterocycles. The van der Waals surface area contributed by atoms with Crippen molar-refractivity contribution in [3.8, 4) is 0 Å². The highest BCUT2D eigenvalue weighted by molar-refractivity contribution is 4.95. The van der Waals surface area contributed by atoms with Crippen LogP contribution < -0.4 is 5.32 Å². The van der Waals surface area contributed by atoms with E-state index in [1.165, 1.54) is 38.6 Å². The molecular formula is C16H32N2O. The standard InChI is InChI=1S/C16H32N2O/c1-4-19-11-10-18-12-15(17-13-16(18,2)3)14-8-6-5-7-9-14/h14-15,17H,4-13H2,1-3H3. The quantitative estimate of drug-likeness (QED) is 0.776. The number of nitrogens with one attached hydrogen (secondary N) is 1. The Bertz CT molecular complexity index is 261. The van der Waals surface area contributed by atoms with E-state index in [1.54, 1.807) is 0 Å². The lowest BCUT2D eigenvalue weighted by atomic mass is 9.81. The van der Waals surface area contributed by atoms with Crippen molar-refractivity contribution in [3.05, 3.63) is 0 Å². The van der Waals surface area contributed by atoms with Crippen molar-refractivity contribution in [2.45, 2.75) is 64.5 Å². The third kappa shape index (κ3) is 4.17. The molecule has 2 rings (SSSR count). The number of nitrogens with zero attached hydrogens (tertiary/aromatic N) is 1. The maximum atomic E-state index is 5.55. The van der Waals surface area contributed by atoms with Crippen LogP contribution in [0.2, 0.25) is 0 Å². The fourth-order valence-electron chi connectivity index (χ4n) is 3.61. The van der Waals surface area contributed by atoms with Crippen LogP contribution in [0.1, 0.15) is 52.9 Å². The van der Waals surface area contributed by atoms with Gasteiger partial charge in [-0.1, -0.05) is 19.3 Å². The molecule has 1 N–H and O–H groups in total. The van der Waals surface area contributed by atoms with Gasteiger partial charge in [-0.05, 0) is 39.5 Å². The Morgan fingerprint density at radius 2 is 1.95 bits per heavy atom. The van der Waals surface area contributed by atoms with Crippen LogP contribution in [0.15, 0.2) is 0 Å². The lowest BCUT2D eigenvalue weighted by Crippen LogP contribution is -2.64. The normalized spacial score (nSPS) is 29.5. The molecular weight excluding hydrogens is 236 g/mol. The van der Waals surface area contributed by atoms with Crippen LogP contribution in [0, 0.1) is 5.92 Å². The van der Waals surface area contributed by atoms with Crippen molar-refractivity contribution in [2.75, 3.05) is 32.8 Å². The number of rotatable bonds is 5. The van der Waals surface area contributed by atoms with Gasteiger partial charge in [0.15, 0.2) is 0 Å². The molecule has 1 saturated heterocycles. The highest BCUT2D eigenvalue weighted by Crippen LogP contribution is 2.30. The predicted octanol–water partition coefficient (Wildman–Crippen LogP) is 2.66. The number of hydrogen-bond acceptors (Lipinski definition) is 3. The minimum atomic E-state index is 0.266. The molecule has 1 saturated carbocycles. The number of piperazine rings is 1. The van der Waals surface area contributed by atoms with Crippen LogP contribution in [0.5, 0.6) is 0 Å². The lowest BCUT2D eigenvalue weighted by molar-refractivity contribution is 0.0174. The summed E-state index contributed by atoms with van der Waals surface area (Å²) in [7, 11) is 0. The van der Waals surface area contributed by atoms with Crippen LogP contribution in [0.25, 0.3) is 0 Å². The summed E-state index contributed by atoms with van der Waals surface area (Å²) < 4.78 is 5.55. The van der Waals surface area contributed by atoms with E-state index >= 15 is 0 Å². The summed E-state index contributed by atoms with van der Waals surface area (Å²) in [6.07, 6.45) is 7.17. The van der Waals surface area contributed by atoms with Gasteiger partial charge in [0.25, 0.3) is 0 Å². The molecule has 0 aromatic carbocycles. The second-order valence-corrected chi connectivity index (χ2v) is 6.84. The fraction of sp³-hybridized carbons (Fsp3) is 1.00. The first-order chi connectivity index (χ1) is 9.13. The Kier molecular flexibility index (Phi) is 5.67. The Labute approximate surface area is 119 Å². The molecule has 1 aliphatic carbocycles. The zero-order chi connectivity index (χ0) is 13.7. The smallest absolute Gasteiger partial charge is 0.0593 e. The zero-order valence-electron chi connectivity index (χ0n) is 13.1. The third-order valence-electron chi connectivity index (χ3n) is 5.00. The van der Waals surface area contributed by atoms with Gasteiger partial charge in [-0.3, -0.25) is 4.90 Å². The molecule has 1 heterocycles. The molecule has 0 radical (unpaired) electrons. The van der Waals surface area contributed by atoms with Crippen molar-refractivity contribution < 1.29 is 4.74 Å². The Hall–Kier alpha value is -0.120. The van der Waals surface area contributed by atoms with Crippen LogP contribution >= 0.6 is 0 Å². The summed E-state index contributed by atoms with van der Waals surface area (Å²) in [5.74, 6) is 0.902. The maximum Gasteiger partial charge on any atom is 0.0593 e. The van der Waals surface area contributed by atoms with E-state index in [9.17, 15) is 0 Å². The Morgan fingerprint density at radius 1 is 1.21 bits per heavy atom. The molecule has 3 heteroatoms. The Balaban J connectivity index is 1.87. The molecule has 2 aliphatic rings. The summed E-state index contributed by atoms with van der Waals surface area (Å²) in [5.41, 5.74) is 0.266. The van der Waals surface area contributed by atoms with E-state index in [-0.39, 0.29) is 5.54 Å². The second kappa shape index (κ2) is 7.05. The molecule has 3 nitrogen and oxygen atoms in total. The van der Waals surface area contributed by atoms with Gasteiger partial charge in [0, 0.05) is 37.8 Å². The van der Waals surface area contributed by atoms with Crippen molar-refractivity contribution >= 4 is 0 Å². The highest BCUT2D eigenvalue weighted by atomic mass is 16.5. The average Bonchev–Trinajstić information content (AvgIpc) is 2.42. The van der Waals surface area contributed by atoms with Crippen molar-refractivity contribution in [1.29, 1.82) is 0 Å². The summed E-state index contributed by atoms with van der Waals surface area (Å²) >= 11 is 0. The van der Waals surface area contributed by atoms with Crippen LogP contribution in [0.3, 0.4) is 0 Å². The van der Waals surface area contributed by atoms with Crippen molar-refractivity contribution in [3.63, 3.8) is 0 Å². The van der Waals surface area contributed by atoms with E-state index in [1.807, 2.05) is 0 Å². The van der Waals surface area contributed by atoms with E-state index in [0.29, 0.717) is 6.04 Å². The monoisotopic (exact) mass is 268 g/mol. The van der Waals surface area contributed by atoms with E-state index in [2.05, 4.69) is 31.0 Å². The molecule has 0 spiro atoms. The maximum absolute atomic E-state index is 5.55. The minimum absolute atomic E-state index is 0.266. The van der Waals surface area contributed by atoms with Crippen molar-refractivity contribution in [1.82, 2.24) is 10.2 Å². The Morgan fingerprint density at radius 3 is 2.63 bits per heavy atom. The molecule has 0 amide bonds. The third-order valence-corrected chi connectivity index (χ3v) is 5.00. The van der Waals surface area contributed by atoms with Crippen LogP contribution in [0.4, 0.5) is 0 Å². The van der Waals surface area contributed by atoms with E-state index < -0.39 is 0 Å². The molecule has 0 aromatic rings. The number of ether oxygens (including phenoxy) is 1.